The van der Waals surface area contributed by atoms with Crippen LogP contribution in [0.15, 0.2) is 46.6 Å². The standard InChI is InChI=1S/C13H10N4O5/c1-8-6-9(2-5-13(8)18)14-15-11-4-3-10(16(19)20)7-12(11)17(21)22/h2-7,18H,1H3. The van der Waals surface area contributed by atoms with E-state index in [1.54, 1.807) is 13.0 Å². The second kappa shape index (κ2) is 5.95. The minimum Gasteiger partial charge on any atom is -0.508 e. The zero-order valence-corrected chi connectivity index (χ0v) is 11.3. The highest BCUT2D eigenvalue weighted by molar-refractivity contribution is 5.61. The lowest BCUT2D eigenvalue weighted by atomic mass is 10.2. The van der Waals surface area contributed by atoms with Gasteiger partial charge >= 0.3 is 5.69 Å². The molecule has 2 rings (SSSR count). The second-order valence-electron chi connectivity index (χ2n) is 4.36. The third-order valence-corrected chi connectivity index (χ3v) is 2.82. The zero-order valence-electron chi connectivity index (χ0n) is 11.3. The highest BCUT2D eigenvalue weighted by Gasteiger charge is 2.19. The van der Waals surface area contributed by atoms with Crippen LogP contribution in [0.5, 0.6) is 5.75 Å². The molecule has 1 N–H and O–H groups in total. The summed E-state index contributed by atoms with van der Waals surface area (Å²) in [5.74, 6) is 0.0975. The summed E-state index contributed by atoms with van der Waals surface area (Å²) in [6, 6.07) is 7.57. The number of azo groups is 1. The van der Waals surface area contributed by atoms with E-state index in [2.05, 4.69) is 10.2 Å². The van der Waals surface area contributed by atoms with E-state index in [1.165, 1.54) is 12.1 Å². The molecule has 112 valence electrons. The van der Waals surface area contributed by atoms with Crippen molar-refractivity contribution in [3.05, 3.63) is 62.2 Å². The predicted molar refractivity (Wildman–Crippen MR) is 76.8 cm³/mol. The van der Waals surface area contributed by atoms with E-state index in [4.69, 9.17) is 0 Å². The van der Waals surface area contributed by atoms with E-state index >= 15 is 0 Å². The summed E-state index contributed by atoms with van der Waals surface area (Å²) in [5.41, 5.74) is -0.0292. The van der Waals surface area contributed by atoms with Gasteiger partial charge in [0.05, 0.1) is 21.6 Å². The summed E-state index contributed by atoms with van der Waals surface area (Å²) in [5, 5.41) is 38.6. The van der Waals surface area contributed by atoms with Gasteiger partial charge in [0.2, 0.25) is 0 Å². The lowest BCUT2D eigenvalue weighted by molar-refractivity contribution is -0.393. The molecule has 0 bridgehead atoms. The maximum Gasteiger partial charge on any atom is 0.303 e. The van der Waals surface area contributed by atoms with Gasteiger partial charge in [-0.2, -0.15) is 5.11 Å². The van der Waals surface area contributed by atoms with Gasteiger partial charge in [-0.1, -0.05) is 0 Å². The molecular weight excluding hydrogens is 292 g/mol. The highest BCUT2D eigenvalue weighted by Crippen LogP contribution is 2.33. The minimum absolute atomic E-state index is 0.0960. The first-order valence-corrected chi connectivity index (χ1v) is 6.02. The number of benzene rings is 2. The van der Waals surface area contributed by atoms with E-state index < -0.39 is 21.2 Å². The fourth-order valence-corrected chi connectivity index (χ4v) is 1.67. The molecule has 0 fully saturated rings. The molecule has 0 amide bonds. The minimum atomic E-state index is -0.760. The van der Waals surface area contributed by atoms with Gasteiger partial charge in [-0.25, -0.2) is 0 Å². The highest BCUT2D eigenvalue weighted by atomic mass is 16.6. The first-order valence-electron chi connectivity index (χ1n) is 6.02. The average Bonchev–Trinajstić information content (AvgIpc) is 2.48. The van der Waals surface area contributed by atoms with Crippen molar-refractivity contribution in [2.45, 2.75) is 6.92 Å². The molecule has 2 aromatic carbocycles. The Kier molecular flexibility index (Phi) is 4.07. The van der Waals surface area contributed by atoms with Gasteiger partial charge in [-0.15, -0.1) is 5.11 Å². The van der Waals surface area contributed by atoms with E-state index in [1.807, 2.05) is 0 Å². The topological polar surface area (TPSA) is 131 Å². The van der Waals surface area contributed by atoms with Crippen molar-refractivity contribution in [3.63, 3.8) is 0 Å². The number of hydrogen-bond acceptors (Lipinski definition) is 7. The van der Waals surface area contributed by atoms with E-state index in [9.17, 15) is 25.3 Å². The number of nitro benzene ring substituents is 2. The van der Waals surface area contributed by atoms with Crippen LogP contribution in [0.3, 0.4) is 0 Å². The van der Waals surface area contributed by atoms with Gasteiger partial charge in [-0.05, 0) is 36.8 Å². The number of hydrogen-bond donors (Lipinski definition) is 1. The Morgan fingerprint density at radius 2 is 1.73 bits per heavy atom. The largest absolute Gasteiger partial charge is 0.508 e. The molecule has 0 atom stereocenters. The van der Waals surface area contributed by atoms with Crippen LogP contribution in [0, 0.1) is 27.2 Å². The van der Waals surface area contributed by atoms with E-state index in [-0.39, 0.29) is 11.4 Å². The Hall–Kier alpha value is -3.36. The van der Waals surface area contributed by atoms with Gasteiger partial charge in [0.25, 0.3) is 5.69 Å². The van der Waals surface area contributed by atoms with Gasteiger partial charge in [0.1, 0.15) is 5.75 Å². The number of phenolic OH excluding ortho intramolecular Hbond substituents is 1. The number of phenols is 1. The molecule has 0 saturated carbocycles. The number of aromatic hydroxyl groups is 1. The SMILES string of the molecule is Cc1cc(N=Nc2ccc([N+](=O)[O-])cc2[N+](=O)[O-])ccc1O. The first-order chi connectivity index (χ1) is 10.4. The number of aryl methyl sites for hydroxylation is 1. The van der Waals surface area contributed by atoms with Crippen LogP contribution < -0.4 is 0 Å². The Labute approximate surface area is 123 Å². The Morgan fingerprint density at radius 3 is 2.32 bits per heavy atom. The van der Waals surface area contributed by atoms with Crippen LogP contribution in [0.2, 0.25) is 0 Å². The average molecular weight is 302 g/mol. The second-order valence-corrected chi connectivity index (χ2v) is 4.36. The molecule has 0 aliphatic heterocycles. The summed E-state index contributed by atoms with van der Waals surface area (Å²) in [7, 11) is 0. The molecule has 0 spiro atoms. The normalized spacial score (nSPS) is 10.8. The van der Waals surface area contributed by atoms with Crippen molar-refractivity contribution in [1.29, 1.82) is 0 Å². The quantitative estimate of drug-likeness (QED) is 0.519. The fraction of sp³-hybridized carbons (Fsp3) is 0.0769. The Morgan fingerprint density at radius 1 is 1.00 bits per heavy atom. The lowest BCUT2D eigenvalue weighted by Crippen LogP contribution is -1.92. The molecule has 0 aliphatic carbocycles. The summed E-state index contributed by atoms with van der Waals surface area (Å²) >= 11 is 0. The molecule has 2 aromatic rings. The third-order valence-electron chi connectivity index (χ3n) is 2.82. The van der Waals surface area contributed by atoms with Crippen molar-refractivity contribution in [2.24, 2.45) is 10.2 Å². The van der Waals surface area contributed by atoms with Crippen molar-refractivity contribution in [3.8, 4) is 5.75 Å². The molecule has 0 heterocycles. The molecule has 22 heavy (non-hydrogen) atoms. The van der Waals surface area contributed by atoms with Crippen LogP contribution in [0.4, 0.5) is 22.7 Å². The lowest BCUT2D eigenvalue weighted by Gasteiger charge is -1.99. The Balaban J connectivity index is 2.39. The van der Waals surface area contributed by atoms with Crippen LogP contribution in [0.25, 0.3) is 0 Å². The summed E-state index contributed by atoms with van der Waals surface area (Å²) in [6.45, 7) is 1.67. The van der Waals surface area contributed by atoms with Gasteiger partial charge < -0.3 is 5.11 Å². The fourth-order valence-electron chi connectivity index (χ4n) is 1.67. The van der Waals surface area contributed by atoms with Crippen molar-refractivity contribution in [2.75, 3.05) is 0 Å². The van der Waals surface area contributed by atoms with Crippen LogP contribution in [0.1, 0.15) is 5.56 Å². The van der Waals surface area contributed by atoms with Crippen LogP contribution in [-0.2, 0) is 0 Å². The molecule has 9 nitrogen and oxygen atoms in total. The monoisotopic (exact) mass is 302 g/mol. The van der Waals surface area contributed by atoms with Crippen molar-refractivity contribution in [1.82, 2.24) is 0 Å². The van der Waals surface area contributed by atoms with Gasteiger partial charge in [-0.3, -0.25) is 20.2 Å². The summed E-state index contributed by atoms with van der Waals surface area (Å²) in [6.07, 6.45) is 0. The maximum atomic E-state index is 11.0. The predicted octanol–water partition coefficient (Wildman–Crippen LogP) is 3.93. The number of nitro groups is 2. The molecular formula is C13H10N4O5. The molecule has 0 unspecified atom stereocenters. The zero-order chi connectivity index (χ0) is 16.3. The van der Waals surface area contributed by atoms with Crippen molar-refractivity contribution < 1.29 is 15.0 Å². The molecule has 0 saturated heterocycles. The summed E-state index contributed by atoms with van der Waals surface area (Å²) in [4.78, 5) is 20.1. The smallest absolute Gasteiger partial charge is 0.303 e. The van der Waals surface area contributed by atoms with Gasteiger partial charge in [0, 0.05) is 6.07 Å². The molecule has 0 aliphatic rings. The number of nitrogens with zero attached hydrogens (tertiary/aromatic N) is 4. The van der Waals surface area contributed by atoms with Crippen LogP contribution in [-0.4, -0.2) is 15.0 Å². The number of non-ortho nitro benzene ring substituents is 1. The molecule has 0 aromatic heterocycles. The van der Waals surface area contributed by atoms with Crippen LogP contribution >= 0.6 is 0 Å². The van der Waals surface area contributed by atoms with Gasteiger partial charge in [0.15, 0.2) is 5.69 Å². The summed E-state index contributed by atoms with van der Waals surface area (Å²) < 4.78 is 0. The Bertz CT molecular complexity index is 788. The van der Waals surface area contributed by atoms with Crippen molar-refractivity contribution >= 4 is 22.7 Å². The maximum absolute atomic E-state index is 11.0. The van der Waals surface area contributed by atoms with E-state index in [0.717, 1.165) is 18.2 Å². The first kappa shape index (κ1) is 15.0. The molecule has 0 radical (unpaired) electrons. The molecule has 9 heteroatoms. The third kappa shape index (κ3) is 3.20. The van der Waals surface area contributed by atoms with E-state index in [0.29, 0.717) is 11.3 Å². The number of rotatable bonds is 4.